The highest BCUT2D eigenvalue weighted by Gasteiger charge is 2.30. The van der Waals surface area contributed by atoms with E-state index in [2.05, 4.69) is 20.6 Å². The molecule has 0 aliphatic heterocycles. The van der Waals surface area contributed by atoms with Crippen LogP contribution in [0.2, 0.25) is 0 Å². The minimum Gasteiger partial charge on any atom is -0.366 e. The van der Waals surface area contributed by atoms with Gasteiger partial charge < -0.3 is 21.3 Å². The summed E-state index contributed by atoms with van der Waals surface area (Å²) < 4.78 is 38.6. The van der Waals surface area contributed by atoms with Gasteiger partial charge in [0.15, 0.2) is 0 Å². The number of anilines is 2. The Balaban J connectivity index is 1.60. The minimum absolute atomic E-state index is 0.105. The quantitative estimate of drug-likeness (QED) is 0.274. The Hall–Kier alpha value is -4.51. The third-order valence-electron chi connectivity index (χ3n) is 6.13. The number of hydrogen-bond donors (Lipinski definition) is 3. The number of fused-ring (bicyclic) bond motifs is 1. The number of para-hydroxylation sites is 1. The van der Waals surface area contributed by atoms with E-state index in [1.165, 1.54) is 6.33 Å². The molecule has 0 fully saturated rings. The number of alkyl halides is 3. The number of carbonyl (C=O) groups is 2. The maximum atomic E-state index is 12.9. The van der Waals surface area contributed by atoms with E-state index >= 15 is 0 Å². The molecule has 3 aromatic carbocycles. The van der Waals surface area contributed by atoms with E-state index < -0.39 is 23.6 Å². The first-order valence-electron chi connectivity index (χ1n) is 12.1. The topological polar surface area (TPSA) is 113 Å². The number of halogens is 3. The van der Waals surface area contributed by atoms with Gasteiger partial charge in [-0.1, -0.05) is 18.2 Å². The summed E-state index contributed by atoms with van der Waals surface area (Å²) in [5, 5.41) is 6.83. The molecular weight excluding hydrogens is 509 g/mol. The van der Waals surface area contributed by atoms with Crippen molar-refractivity contribution in [3.8, 4) is 0 Å². The maximum Gasteiger partial charge on any atom is 0.416 e. The molecule has 0 spiro atoms. The van der Waals surface area contributed by atoms with Gasteiger partial charge in [-0.05, 0) is 81.2 Å². The first-order valence-corrected chi connectivity index (χ1v) is 12.1. The third-order valence-corrected chi connectivity index (χ3v) is 6.13. The molecule has 0 aliphatic carbocycles. The number of benzene rings is 3. The van der Waals surface area contributed by atoms with Crippen LogP contribution in [0, 0.1) is 0 Å². The second-order valence-corrected chi connectivity index (χ2v) is 9.23. The highest BCUT2D eigenvalue weighted by molar-refractivity contribution is 6.07. The highest BCUT2D eigenvalue weighted by atomic mass is 19.4. The van der Waals surface area contributed by atoms with Crippen LogP contribution < -0.4 is 16.4 Å². The van der Waals surface area contributed by atoms with Gasteiger partial charge in [0.1, 0.15) is 12.1 Å². The van der Waals surface area contributed by atoms with Crippen LogP contribution in [0.4, 0.5) is 24.7 Å². The smallest absolute Gasteiger partial charge is 0.366 e. The third kappa shape index (κ3) is 6.68. The average Bonchev–Trinajstić information content (AvgIpc) is 2.90. The van der Waals surface area contributed by atoms with Gasteiger partial charge in [0.25, 0.3) is 11.8 Å². The predicted octanol–water partition coefficient (Wildman–Crippen LogP) is 5.10. The molecule has 2 amide bonds. The van der Waals surface area contributed by atoms with Gasteiger partial charge in [-0.15, -0.1) is 0 Å². The van der Waals surface area contributed by atoms with E-state index in [4.69, 9.17) is 5.73 Å². The van der Waals surface area contributed by atoms with Gasteiger partial charge in [-0.2, -0.15) is 13.2 Å². The second-order valence-electron chi connectivity index (χ2n) is 9.23. The Bertz CT molecular complexity index is 1490. The number of nitrogens with two attached hydrogens (primary N) is 1. The summed E-state index contributed by atoms with van der Waals surface area (Å²) in [7, 11) is 3.91. The zero-order valence-corrected chi connectivity index (χ0v) is 21.3. The van der Waals surface area contributed by atoms with Crippen LogP contribution in [0.25, 0.3) is 10.9 Å². The van der Waals surface area contributed by atoms with Crippen molar-refractivity contribution in [2.24, 2.45) is 5.73 Å². The van der Waals surface area contributed by atoms with Crippen molar-refractivity contribution in [1.29, 1.82) is 0 Å². The molecule has 11 heteroatoms. The Kier molecular flexibility index (Phi) is 8.10. The van der Waals surface area contributed by atoms with Gasteiger partial charge in [-0.3, -0.25) is 9.59 Å². The highest BCUT2D eigenvalue weighted by Crippen LogP contribution is 2.30. The normalized spacial score (nSPS) is 12.4. The van der Waals surface area contributed by atoms with Gasteiger partial charge in [0, 0.05) is 16.6 Å². The summed E-state index contributed by atoms with van der Waals surface area (Å²) in [5.74, 6) is -0.601. The van der Waals surface area contributed by atoms with Crippen LogP contribution in [0.1, 0.15) is 44.3 Å². The first-order chi connectivity index (χ1) is 18.5. The molecule has 0 bridgehead atoms. The summed E-state index contributed by atoms with van der Waals surface area (Å²) in [4.78, 5) is 35.3. The van der Waals surface area contributed by atoms with Crippen LogP contribution in [-0.4, -0.2) is 47.3 Å². The van der Waals surface area contributed by atoms with Crippen LogP contribution in [0.15, 0.2) is 73.1 Å². The molecule has 0 aliphatic rings. The van der Waals surface area contributed by atoms with Crippen molar-refractivity contribution in [1.82, 2.24) is 14.9 Å². The van der Waals surface area contributed by atoms with Crippen LogP contribution >= 0.6 is 0 Å². The number of aromatic nitrogens is 2. The van der Waals surface area contributed by atoms with Crippen LogP contribution in [0.5, 0.6) is 0 Å². The molecule has 1 aromatic heterocycles. The van der Waals surface area contributed by atoms with E-state index in [9.17, 15) is 22.8 Å². The second kappa shape index (κ2) is 11.5. The van der Waals surface area contributed by atoms with Crippen molar-refractivity contribution in [2.75, 3.05) is 31.3 Å². The first kappa shape index (κ1) is 27.5. The lowest BCUT2D eigenvalue weighted by Crippen LogP contribution is -2.21. The Labute approximate surface area is 223 Å². The monoisotopic (exact) mass is 536 g/mol. The van der Waals surface area contributed by atoms with E-state index in [0.717, 1.165) is 36.4 Å². The maximum absolute atomic E-state index is 12.9. The van der Waals surface area contributed by atoms with Crippen LogP contribution in [-0.2, 0) is 6.18 Å². The number of primary amides is 1. The van der Waals surface area contributed by atoms with E-state index in [-0.39, 0.29) is 17.2 Å². The zero-order valence-electron chi connectivity index (χ0n) is 21.3. The molecule has 1 unspecified atom stereocenters. The fourth-order valence-electron chi connectivity index (χ4n) is 4.12. The van der Waals surface area contributed by atoms with Crippen molar-refractivity contribution in [2.45, 2.75) is 18.6 Å². The molecule has 4 aromatic rings. The fourth-order valence-corrected chi connectivity index (χ4v) is 4.12. The molecular formula is C28H27F3N6O2. The molecule has 4 rings (SSSR count). The van der Waals surface area contributed by atoms with Gasteiger partial charge in [-0.25, -0.2) is 9.97 Å². The lowest BCUT2D eigenvalue weighted by Gasteiger charge is -2.23. The number of hydrogen-bond acceptors (Lipinski definition) is 6. The van der Waals surface area contributed by atoms with Crippen molar-refractivity contribution in [3.05, 3.63) is 95.3 Å². The number of amides is 2. The summed E-state index contributed by atoms with van der Waals surface area (Å²) in [6.07, 6.45) is -2.44. The Morgan fingerprint density at radius 3 is 2.38 bits per heavy atom. The lowest BCUT2D eigenvalue weighted by atomic mass is 10.0. The van der Waals surface area contributed by atoms with Crippen LogP contribution in [0.3, 0.4) is 0 Å². The van der Waals surface area contributed by atoms with Gasteiger partial charge in [0.05, 0.1) is 22.7 Å². The summed E-state index contributed by atoms with van der Waals surface area (Å²) in [5.41, 5.74) is 6.86. The molecule has 1 atom stereocenters. The standard InChI is InChI=1S/C28H27F3N6O2/c1-37(2)14-13-23(36-26-22-8-4-7-21(25(32)38)24(22)33-16-34-26)18-5-3-6-20(15-18)35-27(39)17-9-11-19(12-10-17)28(29,30)31/h3-12,15-16,23H,13-14H2,1-2H3,(H2,32,38)(H,35,39)(H,33,34,36). The molecule has 202 valence electrons. The van der Waals surface area contributed by atoms with Crippen molar-refractivity contribution in [3.63, 3.8) is 0 Å². The predicted molar refractivity (Wildman–Crippen MR) is 143 cm³/mol. The Morgan fingerprint density at radius 2 is 1.72 bits per heavy atom. The molecule has 39 heavy (non-hydrogen) atoms. The van der Waals surface area contributed by atoms with E-state index in [1.54, 1.807) is 36.4 Å². The van der Waals surface area contributed by atoms with Crippen molar-refractivity contribution < 1.29 is 22.8 Å². The molecule has 8 nitrogen and oxygen atoms in total. The number of nitrogens with zero attached hydrogens (tertiary/aromatic N) is 3. The van der Waals surface area contributed by atoms with Gasteiger partial charge in [0.2, 0.25) is 0 Å². The SMILES string of the molecule is CN(C)CCC(Nc1ncnc2c(C(N)=O)cccc12)c1cccc(NC(=O)c2ccc(C(F)(F)F)cc2)c1. The number of carbonyl (C=O) groups excluding carboxylic acids is 2. The molecule has 4 N–H and O–H groups in total. The average molecular weight is 537 g/mol. The fraction of sp³-hybridized carbons (Fsp3) is 0.214. The minimum atomic E-state index is -4.48. The summed E-state index contributed by atoms with van der Waals surface area (Å²) in [6, 6.07) is 16.1. The van der Waals surface area contributed by atoms with Crippen molar-refractivity contribution >= 4 is 34.2 Å². The molecule has 0 saturated carbocycles. The lowest BCUT2D eigenvalue weighted by molar-refractivity contribution is -0.137. The molecule has 0 radical (unpaired) electrons. The largest absolute Gasteiger partial charge is 0.416 e. The Morgan fingerprint density at radius 1 is 1.00 bits per heavy atom. The summed E-state index contributed by atoms with van der Waals surface area (Å²) in [6.45, 7) is 0.732. The summed E-state index contributed by atoms with van der Waals surface area (Å²) >= 11 is 0. The van der Waals surface area contributed by atoms with E-state index in [1.807, 2.05) is 25.1 Å². The molecule has 0 saturated heterocycles. The van der Waals surface area contributed by atoms with Gasteiger partial charge >= 0.3 is 6.18 Å². The number of nitrogens with one attached hydrogen (secondary N) is 2. The zero-order chi connectivity index (χ0) is 28.2. The number of rotatable bonds is 9. The van der Waals surface area contributed by atoms with E-state index in [0.29, 0.717) is 28.8 Å². The molecule has 1 heterocycles.